The fraction of sp³-hybridized carbons (Fsp3) is 0.545. The molecule has 2 rings (SSSR count). The molecule has 1 fully saturated rings. The summed E-state index contributed by atoms with van der Waals surface area (Å²) in [5.74, 6) is -3.74. The number of nitrogens with one attached hydrogen (secondary N) is 1. The third kappa shape index (κ3) is 1.70. The van der Waals surface area contributed by atoms with Crippen LogP contribution in [0.3, 0.4) is 0 Å². The van der Waals surface area contributed by atoms with Crippen molar-refractivity contribution in [1.82, 2.24) is 4.98 Å². The Morgan fingerprint density at radius 3 is 2.38 bits per heavy atom. The lowest BCUT2D eigenvalue weighted by Gasteiger charge is -2.36. The van der Waals surface area contributed by atoms with Gasteiger partial charge in [0.2, 0.25) is 5.92 Å². The fourth-order valence-corrected chi connectivity index (χ4v) is 2.27. The van der Waals surface area contributed by atoms with Gasteiger partial charge in [0.25, 0.3) is 0 Å². The van der Waals surface area contributed by atoms with E-state index in [1.54, 1.807) is 18.3 Å². The number of aromatic amines is 1. The second-order valence-electron chi connectivity index (χ2n) is 4.33. The number of carboxylic acids is 1. The lowest BCUT2D eigenvalue weighted by molar-refractivity contribution is -0.149. The zero-order valence-corrected chi connectivity index (χ0v) is 8.67. The summed E-state index contributed by atoms with van der Waals surface area (Å²) in [4.78, 5) is 14.2. The Labute approximate surface area is 91.5 Å². The van der Waals surface area contributed by atoms with Crippen LogP contribution in [-0.2, 0) is 10.2 Å². The van der Waals surface area contributed by atoms with Gasteiger partial charge in [-0.3, -0.25) is 4.79 Å². The van der Waals surface area contributed by atoms with Gasteiger partial charge in [-0.05, 0) is 25.0 Å². The number of aromatic nitrogens is 1. The van der Waals surface area contributed by atoms with Crippen molar-refractivity contribution in [2.75, 3.05) is 0 Å². The number of carbonyl (C=O) groups is 1. The number of hydrogen-bond donors (Lipinski definition) is 2. The first kappa shape index (κ1) is 11.1. The molecule has 0 radical (unpaired) electrons. The van der Waals surface area contributed by atoms with Crippen molar-refractivity contribution >= 4 is 5.97 Å². The normalized spacial score (nSPS) is 22.9. The van der Waals surface area contributed by atoms with Crippen LogP contribution in [-0.4, -0.2) is 22.0 Å². The second-order valence-corrected chi connectivity index (χ2v) is 4.33. The van der Waals surface area contributed by atoms with Crippen LogP contribution in [0.1, 0.15) is 31.4 Å². The monoisotopic (exact) mass is 229 g/mol. The third-order valence-electron chi connectivity index (χ3n) is 3.36. The molecule has 0 spiro atoms. The Kier molecular flexibility index (Phi) is 2.48. The molecule has 1 heterocycles. The van der Waals surface area contributed by atoms with Crippen molar-refractivity contribution < 1.29 is 18.7 Å². The van der Waals surface area contributed by atoms with Gasteiger partial charge >= 0.3 is 5.97 Å². The van der Waals surface area contributed by atoms with Crippen LogP contribution in [0.5, 0.6) is 0 Å². The van der Waals surface area contributed by atoms with E-state index >= 15 is 0 Å². The highest BCUT2D eigenvalue weighted by molar-refractivity contribution is 5.81. The molecule has 0 saturated heterocycles. The number of rotatable bonds is 2. The number of halogens is 2. The molecule has 1 aliphatic rings. The Bertz CT molecular complexity index is 377. The molecule has 1 saturated carbocycles. The molecule has 0 bridgehead atoms. The van der Waals surface area contributed by atoms with Crippen molar-refractivity contribution in [3.8, 4) is 0 Å². The van der Waals surface area contributed by atoms with Crippen LogP contribution in [0.4, 0.5) is 8.78 Å². The zero-order valence-electron chi connectivity index (χ0n) is 8.67. The Hall–Kier alpha value is -1.39. The molecule has 0 amide bonds. The average molecular weight is 229 g/mol. The van der Waals surface area contributed by atoms with Gasteiger partial charge in [0.15, 0.2) is 0 Å². The van der Waals surface area contributed by atoms with E-state index < -0.39 is 17.3 Å². The summed E-state index contributed by atoms with van der Waals surface area (Å²) in [6.07, 6.45) is 0.856. The third-order valence-corrected chi connectivity index (χ3v) is 3.36. The summed E-state index contributed by atoms with van der Waals surface area (Å²) >= 11 is 0. The Balaban J connectivity index is 2.30. The topological polar surface area (TPSA) is 53.1 Å². The first-order valence-electron chi connectivity index (χ1n) is 5.21. The van der Waals surface area contributed by atoms with Gasteiger partial charge in [0.1, 0.15) is 5.41 Å². The second kappa shape index (κ2) is 3.57. The number of aliphatic carboxylic acids is 1. The van der Waals surface area contributed by atoms with Crippen LogP contribution in [0.2, 0.25) is 0 Å². The molecule has 1 aromatic rings. The smallest absolute Gasteiger partial charge is 0.315 e. The summed E-state index contributed by atoms with van der Waals surface area (Å²) in [5.41, 5.74) is -0.638. The van der Waals surface area contributed by atoms with Gasteiger partial charge in [-0.25, -0.2) is 8.78 Å². The molecule has 0 unspecified atom stereocenters. The maximum Gasteiger partial charge on any atom is 0.315 e. The van der Waals surface area contributed by atoms with Gasteiger partial charge in [-0.1, -0.05) is 0 Å². The van der Waals surface area contributed by atoms with Crippen molar-refractivity contribution in [3.05, 3.63) is 24.0 Å². The minimum atomic E-state index is -2.72. The highest BCUT2D eigenvalue weighted by Gasteiger charge is 2.49. The van der Waals surface area contributed by atoms with Crippen LogP contribution in [0.25, 0.3) is 0 Å². The van der Waals surface area contributed by atoms with Crippen molar-refractivity contribution in [1.29, 1.82) is 0 Å². The van der Waals surface area contributed by atoms with Crippen molar-refractivity contribution in [3.63, 3.8) is 0 Å². The van der Waals surface area contributed by atoms with Gasteiger partial charge in [-0.2, -0.15) is 0 Å². The van der Waals surface area contributed by atoms with Gasteiger partial charge in [0.05, 0.1) is 0 Å². The van der Waals surface area contributed by atoms with Crippen LogP contribution in [0, 0.1) is 0 Å². The summed E-state index contributed by atoms with van der Waals surface area (Å²) in [6.45, 7) is 0. The quantitative estimate of drug-likeness (QED) is 0.818. The predicted molar refractivity (Wildman–Crippen MR) is 53.5 cm³/mol. The van der Waals surface area contributed by atoms with Crippen LogP contribution < -0.4 is 0 Å². The molecule has 0 atom stereocenters. The van der Waals surface area contributed by atoms with Gasteiger partial charge in [0, 0.05) is 24.7 Å². The Morgan fingerprint density at radius 1 is 1.31 bits per heavy atom. The number of alkyl halides is 2. The van der Waals surface area contributed by atoms with Crippen LogP contribution >= 0.6 is 0 Å². The highest BCUT2D eigenvalue weighted by Crippen LogP contribution is 2.45. The zero-order chi connectivity index (χ0) is 11.8. The molecule has 0 aromatic carbocycles. The highest BCUT2D eigenvalue weighted by atomic mass is 19.3. The van der Waals surface area contributed by atoms with Crippen LogP contribution in [0.15, 0.2) is 18.3 Å². The first-order chi connectivity index (χ1) is 7.46. The number of hydrogen-bond acceptors (Lipinski definition) is 1. The summed E-state index contributed by atoms with van der Waals surface area (Å²) in [7, 11) is 0. The SMILES string of the molecule is O=C(O)C1(c2ccc[nH]2)CCC(F)(F)CC1. The van der Waals surface area contributed by atoms with E-state index in [0.29, 0.717) is 5.69 Å². The first-order valence-corrected chi connectivity index (χ1v) is 5.21. The average Bonchev–Trinajstić information content (AvgIpc) is 2.71. The minimum Gasteiger partial charge on any atom is -0.481 e. The molecule has 1 aliphatic carbocycles. The molecule has 88 valence electrons. The summed E-state index contributed by atoms with van der Waals surface area (Å²) in [5, 5.41) is 9.27. The van der Waals surface area contributed by atoms with E-state index in [-0.39, 0.29) is 25.7 Å². The largest absolute Gasteiger partial charge is 0.481 e. The molecule has 3 nitrogen and oxygen atoms in total. The molecular weight excluding hydrogens is 216 g/mol. The predicted octanol–water partition coefficient (Wildman–Crippen LogP) is 2.55. The van der Waals surface area contributed by atoms with Crippen molar-refractivity contribution in [2.24, 2.45) is 0 Å². The van der Waals surface area contributed by atoms with Gasteiger partial charge in [-0.15, -0.1) is 0 Å². The molecule has 2 N–H and O–H groups in total. The number of H-pyrrole nitrogens is 1. The van der Waals surface area contributed by atoms with Gasteiger partial charge < -0.3 is 10.1 Å². The van der Waals surface area contributed by atoms with E-state index in [4.69, 9.17) is 0 Å². The summed E-state index contributed by atoms with van der Waals surface area (Å²) in [6, 6.07) is 3.34. The summed E-state index contributed by atoms with van der Waals surface area (Å²) < 4.78 is 26.1. The lowest BCUT2D eigenvalue weighted by Crippen LogP contribution is -2.43. The van der Waals surface area contributed by atoms with E-state index in [2.05, 4.69) is 4.98 Å². The van der Waals surface area contributed by atoms with Crippen molar-refractivity contribution in [2.45, 2.75) is 37.0 Å². The molecule has 16 heavy (non-hydrogen) atoms. The van der Waals surface area contributed by atoms with E-state index in [1.165, 1.54) is 0 Å². The molecular formula is C11H13F2NO2. The maximum absolute atomic E-state index is 13.0. The van der Waals surface area contributed by atoms with E-state index in [9.17, 15) is 18.7 Å². The Morgan fingerprint density at radius 2 is 1.94 bits per heavy atom. The molecule has 5 heteroatoms. The standard InChI is InChI=1S/C11H13F2NO2/c12-11(13)5-3-10(4-6-11,9(15)16)8-2-1-7-14-8/h1-2,7,14H,3-6H2,(H,15,16). The molecule has 0 aliphatic heterocycles. The fourth-order valence-electron chi connectivity index (χ4n) is 2.27. The number of carboxylic acid groups (broad SMARTS) is 1. The van der Waals surface area contributed by atoms with E-state index in [0.717, 1.165) is 0 Å². The van der Waals surface area contributed by atoms with E-state index in [1.807, 2.05) is 0 Å². The minimum absolute atomic E-state index is 0.0180. The lowest BCUT2D eigenvalue weighted by atomic mass is 9.70. The maximum atomic E-state index is 13.0. The molecule has 1 aromatic heterocycles.